The normalized spacial score (nSPS) is 21.3. The highest BCUT2D eigenvalue weighted by Crippen LogP contribution is 2.31. The fourth-order valence-electron chi connectivity index (χ4n) is 1.84. The fourth-order valence-corrected chi connectivity index (χ4v) is 2.62. The molecule has 1 unspecified atom stereocenters. The van der Waals surface area contributed by atoms with Gasteiger partial charge in [0.15, 0.2) is 0 Å². The van der Waals surface area contributed by atoms with Crippen molar-refractivity contribution in [2.24, 2.45) is 5.73 Å². The van der Waals surface area contributed by atoms with Gasteiger partial charge in [0.1, 0.15) is 0 Å². The molecule has 1 amide bonds. The Bertz CT molecular complexity index is 424. The maximum Gasteiger partial charge on any atom is 0.243 e. The maximum atomic E-state index is 11.9. The quantitative estimate of drug-likeness (QED) is 0.866. The van der Waals surface area contributed by atoms with Gasteiger partial charge in [0, 0.05) is 11.0 Å². The molecule has 5 heteroatoms. The molecule has 1 saturated heterocycles. The molecule has 1 heterocycles. The molecule has 1 atom stereocenters. The highest BCUT2D eigenvalue weighted by atomic mass is 79.9. The van der Waals surface area contributed by atoms with Crippen LogP contribution < -0.4 is 10.6 Å². The Morgan fingerprint density at radius 3 is 2.94 bits per heavy atom. The maximum absolute atomic E-state index is 11.9. The first-order chi connectivity index (χ1) is 7.59. The lowest BCUT2D eigenvalue weighted by molar-refractivity contribution is -0.120. The number of hydrogen-bond acceptors (Lipinski definition) is 2. The Labute approximate surface area is 108 Å². The topological polar surface area (TPSA) is 46.3 Å². The van der Waals surface area contributed by atoms with Gasteiger partial charge < -0.3 is 10.6 Å². The molecule has 0 spiro atoms. The van der Waals surface area contributed by atoms with Crippen molar-refractivity contribution in [1.82, 2.24) is 0 Å². The number of rotatable bonds is 1. The average molecular weight is 304 g/mol. The van der Waals surface area contributed by atoms with E-state index in [0.717, 1.165) is 23.0 Å². The molecule has 1 aliphatic rings. The van der Waals surface area contributed by atoms with E-state index in [1.807, 2.05) is 12.1 Å². The summed E-state index contributed by atoms with van der Waals surface area (Å²) in [5, 5.41) is 0.567. The summed E-state index contributed by atoms with van der Waals surface area (Å²) in [6.45, 7) is 0.688. The Hall–Kier alpha value is -0.580. The van der Waals surface area contributed by atoms with Crippen molar-refractivity contribution in [2.75, 3.05) is 11.4 Å². The molecule has 1 fully saturated rings. The number of nitrogens with two attached hydrogens (primary N) is 1. The molecule has 0 aromatic heterocycles. The van der Waals surface area contributed by atoms with Crippen LogP contribution >= 0.6 is 27.5 Å². The molecule has 0 radical (unpaired) electrons. The van der Waals surface area contributed by atoms with E-state index < -0.39 is 6.04 Å². The monoisotopic (exact) mass is 302 g/mol. The highest BCUT2D eigenvalue weighted by molar-refractivity contribution is 9.10. The zero-order valence-electron chi connectivity index (χ0n) is 8.62. The van der Waals surface area contributed by atoms with E-state index in [-0.39, 0.29) is 5.91 Å². The SMILES string of the molecule is NC1CCCN(c2ccc(Br)cc2Cl)C1=O. The first-order valence-corrected chi connectivity index (χ1v) is 6.28. The predicted octanol–water partition coefficient (Wildman–Crippen LogP) is 2.56. The van der Waals surface area contributed by atoms with Crippen molar-refractivity contribution < 1.29 is 4.79 Å². The van der Waals surface area contributed by atoms with Gasteiger partial charge in [-0.3, -0.25) is 4.79 Å². The number of amides is 1. The molecule has 1 aromatic carbocycles. The van der Waals surface area contributed by atoms with E-state index in [1.54, 1.807) is 11.0 Å². The van der Waals surface area contributed by atoms with Gasteiger partial charge in [-0.25, -0.2) is 0 Å². The third-order valence-electron chi connectivity index (χ3n) is 2.68. The van der Waals surface area contributed by atoms with Gasteiger partial charge in [0.25, 0.3) is 0 Å². The van der Waals surface area contributed by atoms with Crippen LogP contribution in [0.4, 0.5) is 5.69 Å². The van der Waals surface area contributed by atoms with Gasteiger partial charge in [-0.05, 0) is 31.0 Å². The smallest absolute Gasteiger partial charge is 0.243 e. The lowest BCUT2D eigenvalue weighted by Crippen LogP contribution is -2.48. The third-order valence-corrected chi connectivity index (χ3v) is 3.48. The largest absolute Gasteiger partial charge is 0.320 e. The van der Waals surface area contributed by atoms with Gasteiger partial charge in [-0.15, -0.1) is 0 Å². The van der Waals surface area contributed by atoms with E-state index in [0.29, 0.717) is 11.6 Å². The third kappa shape index (κ3) is 2.24. The van der Waals surface area contributed by atoms with Crippen LogP contribution in [-0.4, -0.2) is 18.5 Å². The van der Waals surface area contributed by atoms with Crippen molar-refractivity contribution in [3.05, 3.63) is 27.7 Å². The minimum atomic E-state index is -0.395. The van der Waals surface area contributed by atoms with Gasteiger partial charge in [-0.1, -0.05) is 27.5 Å². The summed E-state index contributed by atoms with van der Waals surface area (Å²) >= 11 is 9.45. The van der Waals surface area contributed by atoms with Crippen LogP contribution in [0.15, 0.2) is 22.7 Å². The van der Waals surface area contributed by atoms with Crippen molar-refractivity contribution >= 4 is 39.1 Å². The summed E-state index contributed by atoms with van der Waals surface area (Å²) in [6.07, 6.45) is 1.67. The number of nitrogens with zero attached hydrogens (tertiary/aromatic N) is 1. The lowest BCUT2D eigenvalue weighted by Gasteiger charge is -2.31. The summed E-state index contributed by atoms with van der Waals surface area (Å²) < 4.78 is 0.898. The highest BCUT2D eigenvalue weighted by Gasteiger charge is 2.27. The number of halogens is 2. The van der Waals surface area contributed by atoms with Crippen molar-refractivity contribution in [3.63, 3.8) is 0 Å². The molecular formula is C11H12BrClN2O. The average Bonchev–Trinajstić information content (AvgIpc) is 2.23. The summed E-state index contributed by atoms with van der Waals surface area (Å²) in [7, 11) is 0. The van der Waals surface area contributed by atoms with Crippen LogP contribution in [0, 0.1) is 0 Å². The van der Waals surface area contributed by atoms with Crippen LogP contribution in [0.2, 0.25) is 5.02 Å². The Balaban J connectivity index is 2.32. The number of anilines is 1. The lowest BCUT2D eigenvalue weighted by atomic mass is 10.0. The van der Waals surface area contributed by atoms with Crippen molar-refractivity contribution in [3.8, 4) is 0 Å². The van der Waals surface area contributed by atoms with Crippen LogP contribution in [0.1, 0.15) is 12.8 Å². The molecule has 3 nitrogen and oxygen atoms in total. The zero-order valence-corrected chi connectivity index (χ0v) is 11.0. The van der Waals surface area contributed by atoms with E-state index in [4.69, 9.17) is 17.3 Å². The Morgan fingerprint density at radius 1 is 1.50 bits per heavy atom. The molecule has 0 bridgehead atoms. The first kappa shape index (κ1) is 11.9. The molecule has 86 valence electrons. The number of hydrogen-bond donors (Lipinski definition) is 1. The number of carbonyl (C=O) groups excluding carboxylic acids is 1. The van der Waals surface area contributed by atoms with E-state index in [9.17, 15) is 4.79 Å². The van der Waals surface area contributed by atoms with Crippen molar-refractivity contribution in [1.29, 1.82) is 0 Å². The second-order valence-corrected chi connectivity index (χ2v) is 5.16. The summed E-state index contributed by atoms with van der Waals surface area (Å²) in [4.78, 5) is 13.6. The van der Waals surface area contributed by atoms with Gasteiger partial charge in [0.05, 0.1) is 16.8 Å². The van der Waals surface area contributed by atoms with Crippen LogP contribution in [0.25, 0.3) is 0 Å². The predicted molar refractivity (Wildman–Crippen MR) is 68.7 cm³/mol. The molecule has 2 rings (SSSR count). The van der Waals surface area contributed by atoms with Gasteiger partial charge >= 0.3 is 0 Å². The minimum absolute atomic E-state index is 0.0459. The van der Waals surface area contributed by atoms with E-state index in [2.05, 4.69) is 15.9 Å². The Kier molecular flexibility index (Phi) is 3.52. The molecule has 1 aliphatic heterocycles. The summed E-state index contributed by atoms with van der Waals surface area (Å²) in [5.74, 6) is -0.0459. The number of carbonyl (C=O) groups is 1. The molecule has 16 heavy (non-hydrogen) atoms. The Morgan fingerprint density at radius 2 is 2.25 bits per heavy atom. The standard InChI is InChI=1S/C11H12BrClN2O/c12-7-3-4-10(8(13)6-7)15-5-1-2-9(14)11(15)16/h3-4,6,9H,1-2,5,14H2. The summed E-state index contributed by atoms with van der Waals surface area (Å²) in [5.41, 5.74) is 6.48. The fraction of sp³-hybridized carbons (Fsp3) is 0.364. The van der Waals surface area contributed by atoms with Crippen LogP contribution in [0.3, 0.4) is 0 Å². The van der Waals surface area contributed by atoms with Gasteiger partial charge in [-0.2, -0.15) is 0 Å². The molecule has 1 aromatic rings. The first-order valence-electron chi connectivity index (χ1n) is 5.11. The van der Waals surface area contributed by atoms with Crippen molar-refractivity contribution in [2.45, 2.75) is 18.9 Å². The molecular weight excluding hydrogens is 291 g/mol. The van der Waals surface area contributed by atoms with Crippen LogP contribution in [0.5, 0.6) is 0 Å². The second kappa shape index (κ2) is 4.73. The molecule has 0 aliphatic carbocycles. The molecule has 0 saturated carbocycles. The second-order valence-electron chi connectivity index (χ2n) is 3.83. The zero-order chi connectivity index (χ0) is 11.7. The number of benzene rings is 1. The van der Waals surface area contributed by atoms with E-state index >= 15 is 0 Å². The molecule has 2 N–H and O–H groups in total. The number of piperidine rings is 1. The van der Waals surface area contributed by atoms with Gasteiger partial charge in [0.2, 0.25) is 5.91 Å². The minimum Gasteiger partial charge on any atom is -0.320 e. The van der Waals surface area contributed by atoms with E-state index in [1.165, 1.54) is 0 Å². The van der Waals surface area contributed by atoms with Crippen LogP contribution in [-0.2, 0) is 4.79 Å². The summed E-state index contributed by atoms with van der Waals surface area (Å²) in [6, 6.07) is 5.09.